The van der Waals surface area contributed by atoms with Crippen LogP contribution in [0, 0.1) is 11.8 Å². The maximum atomic E-state index is 13.8. The first-order chi connectivity index (χ1) is 16.8. The summed E-state index contributed by atoms with van der Waals surface area (Å²) in [5.74, 6) is -2.81. The van der Waals surface area contributed by atoms with E-state index in [1.165, 1.54) is 14.2 Å². The third-order valence-corrected chi connectivity index (χ3v) is 6.47. The van der Waals surface area contributed by atoms with Crippen LogP contribution in [0.15, 0.2) is 46.8 Å². The van der Waals surface area contributed by atoms with Gasteiger partial charge in [0.05, 0.1) is 31.8 Å². The van der Waals surface area contributed by atoms with Gasteiger partial charge in [-0.1, -0.05) is 38.5 Å². The third kappa shape index (κ3) is 5.59. The third-order valence-electron chi connectivity index (χ3n) is 6.47. The van der Waals surface area contributed by atoms with E-state index in [2.05, 4.69) is 12.2 Å². The van der Waals surface area contributed by atoms with Gasteiger partial charge in [-0.05, 0) is 31.7 Å². The summed E-state index contributed by atoms with van der Waals surface area (Å²) in [6.45, 7) is 6.57. The first kappa shape index (κ1) is 26.5. The van der Waals surface area contributed by atoms with Crippen molar-refractivity contribution in [3.63, 3.8) is 0 Å². The predicted octanol–water partition coefficient (Wildman–Crippen LogP) is 3.67. The molecule has 0 fully saturated rings. The molecule has 0 amide bonds. The second-order valence-corrected chi connectivity index (χ2v) is 8.90. The van der Waals surface area contributed by atoms with E-state index in [1.54, 1.807) is 6.92 Å². The van der Waals surface area contributed by atoms with Gasteiger partial charge in [-0.25, -0.2) is 4.79 Å². The van der Waals surface area contributed by atoms with Crippen molar-refractivity contribution in [2.24, 2.45) is 11.8 Å². The van der Waals surface area contributed by atoms with Gasteiger partial charge in [-0.15, -0.1) is 0 Å². The summed E-state index contributed by atoms with van der Waals surface area (Å²) in [4.78, 5) is 39.7. The fourth-order valence-electron chi connectivity index (χ4n) is 4.73. The topological polar surface area (TPSA) is 100 Å². The Morgan fingerprint density at radius 3 is 2.54 bits per heavy atom. The van der Waals surface area contributed by atoms with Crippen molar-refractivity contribution in [2.45, 2.75) is 46.0 Å². The van der Waals surface area contributed by atoms with Crippen LogP contribution in [0.2, 0.25) is 0 Å². The standard InChI is InChI=1S/C27H35NO7/c1-6-7-12-34-20-11-9-8-10-18(20)23-22(27(31)35-14-13-32-4)17(3)28-19-15-16(2)21(26(30)33-5)25(29)24(19)23/h8-11,16,21,23,28H,6-7,12-15H2,1-5H3/t16-,21+,23+/m0/s1. The number of methoxy groups -OCH3 is 2. The molecule has 35 heavy (non-hydrogen) atoms. The number of para-hydroxylation sites is 1. The molecule has 0 spiro atoms. The lowest BCUT2D eigenvalue weighted by Crippen LogP contribution is -2.43. The molecule has 0 saturated heterocycles. The molecule has 1 aliphatic carbocycles. The van der Waals surface area contributed by atoms with Crippen LogP contribution in [-0.2, 0) is 28.6 Å². The van der Waals surface area contributed by atoms with E-state index in [0.717, 1.165) is 12.8 Å². The van der Waals surface area contributed by atoms with Crippen molar-refractivity contribution in [3.8, 4) is 5.75 Å². The van der Waals surface area contributed by atoms with E-state index >= 15 is 0 Å². The number of unbranched alkanes of at least 4 members (excludes halogenated alkanes) is 1. The van der Waals surface area contributed by atoms with Gasteiger partial charge in [0.15, 0.2) is 5.78 Å². The molecule has 1 aromatic carbocycles. The Kier molecular flexibility index (Phi) is 9.09. The first-order valence-corrected chi connectivity index (χ1v) is 12.1. The summed E-state index contributed by atoms with van der Waals surface area (Å²) in [7, 11) is 2.81. The van der Waals surface area contributed by atoms with E-state index in [9.17, 15) is 14.4 Å². The van der Waals surface area contributed by atoms with Crippen molar-refractivity contribution >= 4 is 17.7 Å². The number of ketones is 1. The number of benzene rings is 1. The Labute approximate surface area is 206 Å². The highest BCUT2D eigenvalue weighted by Crippen LogP contribution is 2.47. The zero-order chi connectivity index (χ0) is 25.5. The molecule has 2 aliphatic rings. The molecule has 0 saturated carbocycles. The SMILES string of the molecule is CCCCOc1ccccc1[C@@H]1C(C(=O)OCCOC)=C(C)NC2=C1C(=O)[C@H](C(=O)OC)[C@@H](C)C2. The highest BCUT2D eigenvalue weighted by atomic mass is 16.6. The number of dihydropyridines is 1. The second-order valence-electron chi connectivity index (χ2n) is 8.90. The number of hydrogen-bond donors (Lipinski definition) is 1. The van der Waals surface area contributed by atoms with Crippen LogP contribution in [0.25, 0.3) is 0 Å². The van der Waals surface area contributed by atoms with Crippen molar-refractivity contribution in [1.82, 2.24) is 5.32 Å². The molecule has 0 radical (unpaired) electrons. The summed E-state index contributed by atoms with van der Waals surface area (Å²) >= 11 is 0. The van der Waals surface area contributed by atoms with Gasteiger partial charge in [0.1, 0.15) is 18.3 Å². The van der Waals surface area contributed by atoms with Crippen LogP contribution in [0.5, 0.6) is 5.75 Å². The number of ether oxygens (including phenoxy) is 4. The van der Waals surface area contributed by atoms with Crippen LogP contribution in [-0.4, -0.2) is 51.8 Å². The molecule has 1 aliphatic heterocycles. The van der Waals surface area contributed by atoms with Crippen LogP contribution in [0.1, 0.15) is 51.5 Å². The predicted molar refractivity (Wildman–Crippen MR) is 130 cm³/mol. The van der Waals surface area contributed by atoms with Gasteiger partial charge in [0.25, 0.3) is 0 Å². The molecule has 3 atom stereocenters. The molecule has 0 aromatic heterocycles. The molecular formula is C27H35NO7. The number of Topliss-reactive ketones (excluding diaryl/α,β-unsaturated/α-hetero) is 1. The van der Waals surface area contributed by atoms with Crippen molar-refractivity contribution in [1.29, 1.82) is 0 Å². The summed E-state index contributed by atoms with van der Waals surface area (Å²) in [6.07, 6.45) is 2.31. The van der Waals surface area contributed by atoms with E-state index < -0.39 is 23.8 Å². The maximum Gasteiger partial charge on any atom is 0.336 e. The van der Waals surface area contributed by atoms with Gasteiger partial charge in [0.2, 0.25) is 0 Å². The summed E-state index contributed by atoms with van der Waals surface area (Å²) in [5.41, 5.74) is 2.70. The zero-order valence-corrected chi connectivity index (χ0v) is 21.1. The van der Waals surface area contributed by atoms with Crippen molar-refractivity contribution in [2.75, 3.05) is 34.0 Å². The van der Waals surface area contributed by atoms with E-state index in [4.69, 9.17) is 18.9 Å². The highest BCUT2D eigenvalue weighted by Gasteiger charge is 2.47. The summed E-state index contributed by atoms with van der Waals surface area (Å²) in [6, 6.07) is 7.40. The van der Waals surface area contributed by atoms with E-state index in [1.807, 2.05) is 31.2 Å². The average molecular weight is 486 g/mol. The summed E-state index contributed by atoms with van der Waals surface area (Å²) < 4.78 is 21.5. The van der Waals surface area contributed by atoms with Crippen LogP contribution in [0.3, 0.4) is 0 Å². The van der Waals surface area contributed by atoms with Crippen molar-refractivity contribution < 1.29 is 33.3 Å². The monoisotopic (exact) mass is 485 g/mol. The lowest BCUT2D eigenvalue weighted by molar-refractivity contribution is -0.151. The molecule has 190 valence electrons. The van der Waals surface area contributed by atoms with E-state index in [0.29, 0.717) is 46.9 Å². The Morgan fingerprint density at radius 2 is 1.86 bits per heavy atom. The minimum absolute atomic E-state index is 0.0785. The highest BCUT2D eigenvalue weighted by molar-refractivity contribution is 6.12. The molecule has 0 bridgehead atoms. The van der Waals surface area contributed by atoms with Gasteiger partial charge in [-0.2, -0.15) is 0 Å². The molecule has 8 nitrogen and oxygen atoms in total. The minimum Gasteiger partial charge on any atom is -0.493 e. The molecule has 8 heteroatoms. The Hall–Kier alpha value is -3.13. The quantitative estimate of drug-likeness (QED) is 0.304. The summed E-state index contributed by atoms with van der Waals surface area (Å²) in [5, 5.41) is 3.26. The number of carbonyl (C=O) groups excluding carboxylic acids is 3. The number of hydrogen-bond acceptors (Lipinski definition) is 8. The number of allylic oxidation sites excluding steroid dienone is 3. The lowest BCUT2D eigenvalue weighted by atomic mass is 9.69. The smallest absolute Gasteiger partial charge is 0.336 e. The Morgan fingerprint density at radius 1 is 1.11 bits per heavy atom. The lowest BCUT2D eigenvalue weighted by Gasteiger charge is -2.38. The number of rotatable bonds is 10. The zero-order valence-electron chi connectivity index (χ0n) is 21.1. The average Bonchev–Trinajstić information content (AvgIpc) is 2.83. The van der Waals surface area contributed by atoms with Gasteiger partial charge < -0.3 is 24.3 Å². The first-order valence-electron chi connectivity index (χ1n) is 12.1. The van der Waals surface area contributed by atoms with E-state index in [-0.39, 0.29) is 24.9 Å². The van der Waals surface area contributed by atoms with Gasteiger partial charge >= 0.3 is 11.9 Å². The molecule has 0 unspecified atom stereocenters. The maximum absolute atomic E-state index is 13.8. The van der Waals surface area contributed by atoms with Gasteiger partial charge in [-0.3, -0.25) is 9.59 Å². The van der Waals surface area contributed by atoms with Crippen LogP contribution >= 0.6 is 0 Å². The normalized spacial score (nSPS) is 21.9. The molecule has 1 N–H and O–H groups in total. The Bertz CT molecular complexity index is 1030. The second kappa shape index (κ2) is 12.0. The largest absolute Gasteiger partial charge is 0.493 e. The molecular weight excluding hydrogens is 450 g/mol. The van der Waals surface area contributed by atoms with Crippen molar-refractivity contribution in [3.05, 3.63) is 52.4 Å². The fraction of sp³-hybridized carbons (Fsp3) is 0.519. The molecule has 1 heterocycles. The number of esters is 2. The minimum atomic E-state index is -0.944. The molecule has 1 aromatic rings. The fourth-order valence-corrected chi connectivity index (χ4v) is 4.73. The van der Waals surface area contributed by atoms with Gasteiger partial charge in [0, 0.05) is 29.6 Å². The molecule has 3 rings (SSSR count). The Balaban J connectivity index is 2.14. The van der Waals surface area contributed by atoms with Crippen LogP contribution in [0.4, 0.5) is 0 Å². The van der Waals surface area contributed by atoms with Crippen LogP contribution < -0.4 is 10.1 Å². The number of nitrogens with one attached hydrogen (secondary N) is 1. The number of carbonyl (C=O) groups is 3.